The van der Waals surface area contributed by atoms with E-state index in [2.05, 4.69) is 32.5 Å². The zero-order valence-corrected chi connectivity index (χ0v) is 17.5. The molecule has 1 aromatic heterocycles. The molecule has 2 aromatic rings. The standard InChI is InChI=1S/C20H20BrN3O2S/c1-13(14-7-9-15(21)10-8-14)24-26-12-19(25)23-20-17(11-22)16-5-3-2-4-6-18(16)27-20/h7-10H,2-6,12H2,1H3,(H,23,25)/b24-13+. The van der Waals surface area contributed by atoms with Crippen LogP contribution in [0.1, 0.15) is 47.8 Å². The Morgan fingerprint density at radius 1 is 1.30 bits per heavy atom. The minimum Gasteiger partial charge on any atom is -0.385 e. The zero-order valence-electron chi connectivity index (χ0n) is 15.0. The molecule has 1 aliphatic rings. The van der Waals surface area contributed by atoms with Crippen LogP contribution in [0.5, 0.6) is 0 Å². The number of halogens is 1. The molecule has 27 heavy (non-hydrogen) atoms. The van der Waals surface area contributed by atoms with Crippen LogP contribution in [-0.2, 0) is 22.5 Å². The summed E-state index contributed by atoms with van der Waals surface area (Å²) in [5.41, 5.74) is 3.34. The second-order valence-electron chi connectivity index (χ2n) is 6.39. The summed E-state index contributed by atoms with van der Waals surface area (Å²) >= 11 is 4.90. The Labute approximate surface area is 171 Å². The topological polar surface area (TPSA) is 74.5 Å². The fraction of sp³-hybridized carbons (Fsp3) is 0.350. The van der Waals surface area contributed by atoms with Crippen LogP contribution in [-0.4, -0.2) is 18.2 Å². The number of hydrogen-bond acceptors (Lipinski definition) is 5. The summed E-state index contributed by atoms with van der Waals surface area (Å²) < 4.78 is 0.988. The third kappa shape index (κ3) is 4.96. The number of anilines is 1. The van der Waals surface area contributed by atoms with Crippen LogP contribution in [0.4, 0.5) is 5.00 Å². The van der Waals surface area contributed by atoms with Gasteiger partial charge >= 0.3 is 0 Å². The highest BCUT2D eigenvalue weighted by molar-refractivity contribution is 9.10. The van der Waals surface area contributed by atoms with Gasteiger partial charge in [0.1, 0.15) is 11.1 Å². The molecule has 5 nitrogen and oxygen atoms in total. The monoisotopic (exact) mass is 445 g/mol. The summed E-state index contributed by atoms with van der Waals surface area (Å²) in [5, 5.41) is 17.0. The van der Waals surface area contributed by atoms with Crippen molar-refractivity contribution in [1.82, 2.24) is 0 Å². The number of carbonyl (C=O) groups excluding carboxylic acids is 1. The average molecular weight is 446 g/mol. The van der Waals surface area contributed by atoms with Gasteiger partial charge in [0, 0.05) is 9.35 Å². The fourth-order valence-electron chi connectivity index (χ4n) is 3.04. The molecule has 0 aliphatic heterocycles. The van der Waals surface area contributed by atoms with E-state index in [1.54, 1.807) is 0 Å². The van der Waals surface area contributed by atoms with Crippen molar-refractivity contribution < 1.29 is 9.63 Å². The van der Waals surface area contributed by atoms with E-state index in [0.717, 1.165) is 41.3 Å². The van der Waals surface area contributed by atoms with Gasteiger partial charge in [0.2, 0.25) is 0 Å². The smallest absolute Gasteiger partial charge is 0.265 e. The number of aryl methyl sites for hydroxylation is 1. The molecule has 140 valence electrons. The van der Waals surface area contributed by atoms with Crippen molar-refractivity contribution in [2.45, 2.75) is 39.0 Å². The van der Waals surface area contributed by atoms with Crippen LogP contribution >= 0.6 is 27.3 Å². The van der Waals surface area contributed by atoms with E-state index in [4.69, 9.17) is 4.84 Å². The van der Waals surface area contributed by atoms with E-state index in [-0.39, 0.29) is 12.5 Å². The van der Waals surface area contributed by atoms with Crippen molar-refractivity contribution in [3.63, 3.8) is 0 Å². The third-order valence-electron chi connectivity index (χ3n) is 4.45. The van der Waals surface area contributed by atoms with Gasteiger partial charge < -0.3 is 10.2 Å². The van der Waals surface area contributed by atoms with Gasteiger partial charge in [-0.3, -0.25) is 4.79 Å². The Balaban J connectivity index is 1.60. The molecular weight excluding hydrogens is 426 g/mol. The molecular formula is C20H20BrN3O2S. The van der Waals surface area contributed by atoms with Gasteiger partial charge in [-0.05, 0) is 55.9 Å². The number of fused-ring (bicyclic) bond motifs is 1. The SMILES string of the molecule is C/C(=N\OCC(=O)Nc1sc2c(c1C#N)CCCCC2)c1ccc(Br)cc1. The third-order valence-corrected chi connectivity index (χ3v) is 6.18. The number of thiophene rings is 1. The second kappa shape index (κ2) is 9.16. The first-order valence-electron chi connectivity index (χ1n) is 8.85. The maximum absolute atomic E-state index is 12.2. The lowest BCUT2D eigenvalue weighted by Gasteiger charge is -2.04. The van der Waals surface area contributed by atoms with Gasteiger partial charge in [0.05, 0.1) is 11.3 Å². The Morgan fingerprint density at radius 3 is 2.78 bits per heavy atom. The highest BCUT2D eigenvalue weighted by atomic mass is 79.9. The van der Waals surface area contributed by atoms with E-state index in [1.807, 2.05) is 31.2 Å². The number of oxime groups is 1. The number of hydrogen-bond donors (Lipinski definition) is 1. The zero-order chi connectivity index (χ0) is 19.2. The van der Waals surface area contributed by atoms with E-state index < -0.39 is 0 Å². The Hall–Kier alpha value is -2.17. The van der Waals surface area contributed by atoms with Gasteiger partial charge in [0.15, 0.2) is 6.61 Å². The number of nitrogens with zero attached hydrogens (tertiary/aromatic N) is 2. The summed E-state index contributed by atoms with van der Waals surface area (Å²) in [5.74, 6) is -0.310. The summed E-state index contributed by atoms with van der Waals surface area (Å²) in [4.78, 5) is 18.6. The lowest BCUT2D eigenvalue weighted by molar-refractivity contribution is -0.120. The van der Waals surface area contributed by atoms with Crippen LogP contribution in [0, 0.1) is 11.3 Å². The lowest BCUT2D eigenvalue weighted by atomic mass is 10.1. The lowest BCUT2D eigenvalue weighted by Crippen LogP contribution is -2.17. The van der Waals surface area contributed by atoms with E-state index in [0.29, 0.717) is 16.3 Å². The molecule has 0 spiro atoms. The molecule has 0 saturated carbocycles. The Morgan fingerprint density at radius 2 is 2.04 bits per heavy atom. The van der Waals surface area contributed by atoms with Crippen LogP contribution < -0.4 is 5.32 Å². The summed E-state index contributed by atoms with van der Waals surface area (Å²) in [7, 11) is 0. The van der Waals surface area contributed by atoms with Gasteiger partial charge in [-0.25, -0.2) is 0 Å². The van der Waals surface area contributed by atoms with Crippen molar-refractivity contribution in [2.75, 3.05) is 11.9 Å². The Bertz CT molecular complexity index is 897. The summed E-state index contributed by atoms with van der Waals surface area (Å²) in [6.45, 7) is 1.63. The predicted octanol–water partition coefficient (Wildman–Crippen LogP) is 5.03. The van der Waals surface area contributed by atoms with Gasteiger partial charge in [-0.15, -0.1) is 11.3 Å². The molecule has 0 unspecified atom stereocenters. The second-order valence-corrected chi connectivity index (χ2v) is 8.41. The van der Waals surface area contributed by atoms with Crippen LogP contribution in [0.3, 0.4) is 0 Å². The van der Waals surface area contributed by atoms with Crippen LogP contribution in [0.15, 0.2) is 33.9 Å². The average Bonchev–Trinajstić information content (AvgIpc) is 2.81. The quantitative estimate of drug-likeness (QED) is 0.398. The van der Waals surface area contributed by atoms with Crippen molar-refractivity contribution in [3.05, 3.63) is 50.3 Å². The van der Waals surface area contributed by atoms with Gasteiger partial charge in [0.25, 0.3) is 5.91 Å². The molecule has 0 atom stereocenters. The number of nitrogens with one attached hydrogen (secondary N) is 1. The highest BCUT2D eigenvalue weighted by Crippen LogP contribution is 2.36. The molecule has 1 N–H and O–H groups in total. The number of rotatable bonds is 5. The van der Waals surface area contributed by atoms with Gasteiger partial charge in [-0.2, -0.15) is 5.26 Å². The number of nitriles is 1. The number of carbonyl (C=O) groups is 1. The normalized spacial score (nSPS) is 14.0. The maximum atomic E-state index is 12.2. The minimum absolute atomic E-state index is 0.193. The van der Waals surface area contributed by atoms with Crippen LogP contribution in [0.2, 0.25) is 0 Å². The summed E-state index contributed by atoms with van der Waals surface area (Å²) in [6, 6.07) is 9.95. The molecule has 0 fully saturated rings. The van der Waals surface area contributed by atoms with E-state index in [1.165, 1.54) is 22.6 Å². The molecule has 0 radical (unpaired) electrons. The largest absolute Gasteiger partial charge is 0.385 e. The molecule has 0 saturated heterocycles. The Kier molecular flexibility index (Phi) is 6.64. The van der Waals surface area contributed by atoms with E-state index in [9.17, 15) is 10.1 Å². The molecule has 1 heterocycles. The fourth-order valence-corrected chi connectivity index (χ4v) is 4.56. The predicted molar refractivity (Wildman–Crippen MR) is 111 cm³/mol. The number of amides is 1. The molecule has 1 aromatic carbocycles. The van der Waals surface area contributed by atoms with Crippen molar-refractivity contribution in [1.29, 1.82) is 5.26 Å². The number of benzene rings is 1. The first kappa shape index (κ1) is 19.6. The molecule has 3 rings (SSSR count). The van der Waals surface area contributed by atoms with Gasteiger partial charge in [-0.1, -0.05) is 39.6 Å². The molecule has 1 amide bonds. The first-order valence-corrected chi connectivity index (χ1v) is 10.5. The molecule has 1 aliphatic carbocycles. The first-order chi connectivity index (χ1) is 13.1. The van der Waals surface area contributed by atoms with E-state index >= 15 is 0 Å². The maximum Gasteiger partial charge on any atom is 0.265 e. The highest BCUT2D eigenvalue weighted by Gasteiger charge is 2.21. The van der Waals surface area contributed by atoms with Crippen molar-refractivity contribution in [3.8, 4) is 6.07 Å². The van der Waals surface area contributed by atoms with Crippen molar-refractivity contribution >= 4 is 43.9 Å². The summed E-state index contributed by atoms with van der Waals surface area (Å²) in [6.07, 6.45) is 5.32. The van der Waals surface area contributed by atoms with Crippen LogP contribution in [0.25, 0.3) is 0 Å². The molecule has 7 heteroatoms. The van der Waals surface area contributed by atoms with Crippen molar-refractivity contribution in [2.24, 2.45) is 5.16 Å². The minimum atomic E-state index is -0.310. The molecule has 0 bridgehead atoms.